The number of nitrogens with one attached hydrogen (secondary N) is 1. The summed E-state index contributed by atoms with van der Waals surface area (Å²) in [5.74, 6) is 0.819. The zero-order chi connectivity index (χ0) is 15.9. The summed E-state index contributed by atoms with van der Waals surface area (Å²) < 4.78 is 6.19. The zero-order valence-corrected chi connectivity index (χ0v) is 14.8. The van der Waals surface area contributed by atoms with Crippen molar-refractivity contribution >= 4 is 0 Å². The molecule has 0 unspecified atom stereocenters. The zero-order valence-electron chi connectivity index (χ0n) is 14.8. The standard InChI is InChI=1S/C18H35NO2/c1-16(2,3)19-12-14(20)8-10-21-15-11-13-7-9-18(15,6)17(13,4)5/h13-15,19-20H,7-12H2,1-6H3/t13-,14-,15-,18-/m1/s1. The SMILES string of the molecule is CC(C)(C)NC[C@H](O)CCO[C@@H]1C[C@H]2CC[C@@]1(C)C2(C)C. The predicted octanol–water partition coefficient (Wildman–Crippen LogP) is 3.36. The van der Waals surface area contributed by atoms with Crippen molar-refractivity contribution < 1.29 is 9.84 Å². The van der Waals surface area contributed by atoms with E-state index < -0.39 is 0 Å². The van der Waals surface area contributed by atoms with E-state index in [-0.39, 0.29) is 11.6 Å². The Labute approximate surface area is 130 Å². The summed E-state index contributed by atoms with van der Waals surface area (Å²) in [6.45, 7) is 14.9. The lowest BCUT2D eigenvalue weighted by Crippen LogP contribution is -2.41. The maximum absolute atomic E-state index is 10.0. The molecule has 2 bridgehead atoms. The summed E-state index contributed by atoms with van der Waals surface area (Å²) in [5.41, 5.74) is 0.792. The van der Waals surface area contributed by atoms with Gasteiger partial charge in [-0.1, -0.05) is 20.8 Å². The van der Waals surface area contributed by atoms with Gasteiger partial charge < -0.3 is 15.2 Å². The largest absolute Gasteiger partial charge is 0.392 e. The van der Waals surface area contributed by atoms with Gasteiger partial charge in [-0.3, -0.25) is 0 Å². The minimum absolute atomic E-state index is 0.0595. The van der Waals surface area contributed by atoms with E-state index in [0.717, 1.165) is 12.3 Å². The Balaban J connectivity index is 1.73. The summed E-state index contributed by atoms with van der Waals surface area (Å²) in [6, 6.07) is 0. The van der Waals surface area contributed by atoms with Gasteiger partial charge >= 0.3 is 0 Å². The van der Waals surface area contributed by atoms with Crippen LogP contribution in [0.2, 0.25) is 0 Å². The van der Waals surface area contributed by atoms with Crippen LogP contribution in [0.15, 0.2) is 0 Å². The van der Waals surface area contributed by atoms with Crippen molar-refractivity contribution in [2.75, 3.05) is 13.2 Å². The first-order valence-corrected chi connectivity index (χ1v) is 8.61. The van der Waals surface area contributed by atoms with E-state index in [2.05, 4.69) is 46.9 Å². The van der Waals surface area contributed by atoms with Crippen molar-refractivity contribution in [1.29, 1.82) is 0 Å². The number of fused-ring (bicyclic) bond motifs is 2. The molecule has 21 heavy (non-hydrogen) atoms. The second-order valence-corrected chi connectivity index (χ2v) is 9.04. The van der Waals surface area contributed by atoms with E-state index in [9.17, 15) is 5.11 Å². The van der Waals surface area contributed by atoms with Crippen molar-refractivity contribution in [3.8, 4) is 0 Å². The van der Waals surface area contributed by atoms with Gasteiger partial charge in [-0.2, -0.15) is 0 Å². The van der Waals surface area contributed by atoms with Crippen molar-refractivity contribution in [3.05, 3.63) is 0 Å². The van der Waals surface area contributed by atoms with Crippen LogP contribution >= 0.6 is 0 Å². The van der Waals surface area contributed by atoms with E-state index in [1.54, 1.807) is 0 Å². The predicted molar refractivity (Wildman–Crippen MR) is 87.3 cm³/mol. The number of hydrogen-bond donors (Lipinski definition) is 2. The Morgan fingerprint density at radius 1 is 1.29 bits per heavy atom. The number of β-amino-alcohol motifs (C(OH)–C–C–N with tert-alkyl or cyclic N) is 1. The lowest BCUT2D eigenvalue weighted by atomic mass is 9.70. The first kappa shape index (κ1) is 17.2. The molecule has 0 spiro atoms. The molecule has 2 fully saturated rings. The first-order valence-electron chi connectivity index (χ1n) is 8.61. The van der Waals surface area contributed by atoms with Crippen LogP contribution in [0.5, 0.6) is 0 Å². The molecule has 3 heteroatoms. The fraction of sp³-hybridized carbons (Fsp3) is 1.00. The third-order valence-corrected chi connectivity index (χ3v) is 6.35. The van der Waals surface area contributed by atoms with Crippen molar-refractivity contribution in [2.24, 2.45) is 16.7 Å². The molecule has 4 atom stereocenters. The average Bonchev–Trinajstić information content (AvgIpc) is 2.68. The molecule has 2 N–H and O–H groups in total. The minimum Gasteiger partial charge on any atom is -0.392 e. The van der Waals surface area contributed by atoms with Gasteiger partial charge in [-0.15, -0.1) is 0 Å². The fourth-order valence-electron chi connectivity index (χ4n) is 4.25. The fourth-order valence-corrected chi connectivity index (χ4v) is 4.25. The van der Waals surface area contributed by atoms with Crippen molar-refractivity contribution in [2.45, 2.75) is 85.0 Å². The van der Waals surface area contributed by atoms with Crippen LogP contribution in [0.4, 0.5) is 0 Å². The number of hydrogen-bond acceptors (Lipinski definition) is 3. The highest BCUT2D eigenvalue weighted by Crippen LogP contribution is 2.66. The van der Waals surface area contributed by atoms with Crippen LogP contribution in [-0.4, -0.2) is 36.0 Å². The summed E-state index contributed by atoms with van der Waals surface area (Å²) in [4.78, 5) is 0. The molecule has 2 aliphatic carbocycles. The van der Waals surface area contributed by atoms with Crippen molar-refractivity contribution in [1.82, 2.24) is 5.32 Å². The third kappa shape index (κ3) is 3.46. The molecule has 0 aromatic heterocycles. The molecule has 2 aliphatic rings. The number of ether oxygens (including phenoxy) is 1. The highest BCUT2D eigenvalue weighted by molar-refractivity contribution is 5.11. The van der Waals surface area contributed by atoms with Gasteiger partial charge in [0.05, 0.1) is 12.2 Å². The molecule has 3 nitrogen and oxygen atoms in total. The van der Waals surface area contributed by atoms with E-state index in [0.29, 0.717) is 30.1 Å². The van der Waals surface area contributed by atoms with Crippen LogP contribution in [0.1, 0.15) is 67.2 Å². The van der Waals surface area contributed by atoms with Crippen LogP contribution in [0, 0.1) is 16.7 Å². The van der Waals surface area contributed by atoms with Gasteiger partial charge in [0, 0.05) is 18.7 Å². The quantitative estimate of drug-likeness (QED) is 0.790. The molecular weight excluding hydrogens is 262 g/mol. The van der Waals surface area contributed by atoms with E-state index in [1.807, 2.05) is 0 Å². The summed E-state index contributed by atoms with van der Waals surface area (Å²) in [7, 11) is 0. The Morgan fingerprint density at radius 2 is 1.95 bits per heavy atom. The molecule has 0 aliphatic heterocycles. The highest BCUT2D eigenvalue weighted by atomic mass is 16.5. The summed E-state index contributed by atoms with van der Waals surface area (Å²) >= 11 is 0. The van der Waals surface area contributed by atoms with Crippen LogP contribution in [-0.2, 0) is 4.74 Å². The molecule has 2 saturated carbocycles. The first-order chi connectivity index (χ1) is 9.56. The Kier molecular flexibility index (Phi) is 4.78. The van der Waals surface area contributed by atoms with Crippen molar-refractivity contribution in [3.63, 3.8) is 0 Å². The van der Waals surface area contributed by atoms with E-state index >= 15 is 0 Å². The number of aliphatic hydroxyl groups is 1. The summed E-state index contributed by atoms with van der Waals surface area (Å²) in [6.07, 6.45) is 4.66. The van der Waals surface area contributed by atoms with Crippen LogP contribution < -0.4 is 5.32 Å². The molecular formula is C18H35NO2. The Morgan fingerprint density at radius 3 is 2.43 bits per heavy atom. The average molecular weight is 297 g/mol. The van der Waals surface area contributed by atoms with Gasteiger partial charge in [-0.25, -0.2) is 0 Å². The monoisotopic (exact) mass is 297 g/mol. The van der Waals surface area contributed by atoms with E-state index in [4.69, 9.17) is 4.74 Å². The normalized spacial score (nSPS) is 36.1. The second-order valence-electron chi connectivity index (χ2n) is 9.04. The molecule has 0 aromatic carbocycles. The third-order valence-electron chi connectivity index (χ3n) is 6.35. The molecule has 124 valence electrons. The van der Waals surface area contributed by atoms with E-state index in [1.165, 1.54) is 19.3 Å². The van der Waals surface area contributed by atoms with Crippen LogP contribution in [0.3, 0.4) is 0 Å². The minimum atomic E-state index is -0.316. The van der Waals surface area contributed by atoms with Gasteiger partial charge in [0.2, 0.25) is 0 Å². The Bertz CT molecular complexity index is 361. The second kappa shape index (κ2) is 5.82. The molecule has 0 amide bonds. The van der Waals surface area contributed by atoms with Crippen LogP contribution in [0.25, 0.3) is 0 Å². The molecule has 0 heterocycles. The lowest BCUT2D eigenvalue weighted by molar-refractivity contribution is -0.0548. The topological polar surface area (TPSA) is 41.5 Å². The number of rotatable bonds is 6. The number of aliphatic hydroxyl groups excluding tert-OH is 1. The maximum Gasteiger partial charge on any atom is 0.0686 e. The van der Waals surface area contributed by atoms with Gasteiger partial charge in [-0.05, 0) is 63.2 Å². The summed E-state index contributed by atoms with van der Waals surface area (Å²) in [5, 5.41) is 13.4. The smallest absolute Gasteiger partial charge is 0.0686 e. The van der Waals surface area contributed by atoms with Gasteiger partial charge in [0.1, 0.15) is 0 Å². The molecule has 2 rings (SSSR count). The molecule has 0 saturated heterocycles. The van der Waals surface area contributed by atoms with Gasteiger partial charge in [0.25, 0.3) is 0 Å². The lowest BCUT2D eigenvalue weighted by Gasteiger charge is -2.39. The molecule has 0 radical (unpaired) electrons. The Hall–Kier alpha value is -0.120. The maximum atomic E-state index is 10.0. The molecule has 0 aromatic rings. The highest BCUT2D eigenvalue weighted by Gasteiger charge is 2.61. The van der Waals surface area contributed by atoms with Gasteiger partial charge in [0.15, 0.2) is 0 Å².